The highest BCUT2D eigenvalue weighted by molar-refractivity contribution is 5.94. The van der Waals surface area contributed by atoms with Crippen LogP contribution in [0.4, 0.5) is 4.39 Å². The smallest absolute Gasteiger partial charge is 0.251 e. The highest BCUT2D eigenvalue weighted by Gasteiger charge is 2.25. The molecule has 1 heterocycles. The van der Waals surface area contributed by atoms with Crippen molar-refractivity contribution in [3.8, 4) is 0 Å². The molecule has 0 aromatic heterocycles. The molecule has 1 aromatic carbocycles. The molecule has 2 amide bonds. The summed E-state index contributed by atoms with van der Waals surface area (Å²) in [6.07, 6.45) is 3.08. The van der Waals surface area contributed by atoms with E-state index in [1.165, 1.54) is 24.3 Å². The van der Waals surface area contributed by atoms with Crippen molar-refractivity contribution < 1.29 is 14.0 Å². The number of likely N-dealkylation sites (tertiary alicyclic amines) is 1. The molecule has 0 bridgehead atoms. The molecule has 0 aliphatic carbocycles. The average molecular weight is 335 g/mol. The molecule has 132 valence electrons. The number of nitrogens with zero attached hydrogens (tertiary/aromatic N) is 1. The van der Waals surface area contributed by atoms with Gasteiger partial charge in [0.25, 0.3) is 5.91 Å². The van der Waals surface area contributed by atoms with Crippen LogP contribution in [-0.4, -0.2) is 42.4 Å². The van der Waals surface area contributed by atoms with Gasteiger partial charge in [-0.25, -0.2) is 4.39 Å². The average Bonchev–Trinajstić information content (AvgIpc) is 2.59. The van der Waals surface area contributed by atoms with Crippen LogP contribution in [0.1, 0.15) is 43.0 Å². The van der Waals surface area contributed by atoms with Crippen molar-refractivity contribution in [3.63, 3.8) is 0 Å². The van der Waals surface area contributed by atoms with Crippen LogP contribution >= 0.6 is 0 Å². The van der Waals surface area contributed by atoms with E-state index in [1.807, 2.05) is 11.8 Å². The summed E-state index contributed by atoms with van der Waals surface area (Å²) in [5.41, 5.74) is 6.36. The van der Waals surface area contributed by atoms with Gasteiger partial charge in [0.15, 0.2) is 0 Å². The molecule has 24 heavy (non-hydrogen) atoms. The number of carbonyl (C=O) groups is 2. The fraction of sp³-hybridized carbons (Fsp3) is 0.556. The summed E-state index contributed by atoms with van der Waals surface area (Å²) >= 11 is 0. The van der Waals surface area contributed by atoms with Crippen LogP contribution < -0.4 is 11.1 Å². The van der Waals surface area contributed by atoms with Gasteiger partial charge in [0, 0.05) is 37.7 Å². The van der Waals surface area contributed by atoms with Crippen LogP contribution in [0, 0.1) is 11.7 Å². The Morgan fingerprint density at radius 3 is 2.75 bits per heavy atom. The Labute approximate surface area is 142 Å². The Morgan fingerprint density at radius 2 is 2.08 bits per heavy atom. The molecule has 1 aliphatic heterocycles. The Hall–Kier alpha value is -1.95. The number of nitrogens with one attached hydrogen (secondary N) is 1. The lowest BCUT2D eigenvalue weighted by Gasteiger charge is -2.34. The summed E-state index contributed by atoms with van der Waals surface area (Å²) < 4.78 is 12.8. The molecule has 5 nitrogen and oxygen atoms in total. The quantitative estimate of drug-likeness (QED) is 0.780. The number of hydrogen-bond donors (Lipinski definition) is 2. The molecule has 0 spiro atoms. The number of amides is 2. The standard InChI is InChI=1S/C18H26FN3O2/c1-13(20)15-4-3-11-22(12-15)17(23)5-2-10-21-18(24)14-6-8-16(19)9-7-14/h6-9,13,15H,2-5,10-12,20H2,1H3,(H,21,24). The van der Waals surface area contributed by atoms with Crippen LogP contribution in [0.2, 0.25) is 0 Å². The minimum atomic E-state index is -0.371. The second-order valence-corrected chi connectivity index (χ2v) is 6.47. The maximum Gasteiger partial charge on any atom is 0.251 e. The van der Waals surface area contributed by atoms with Crippen molar-refractivity contribution in [2.75, 3.05) is 19.6 Å². The Balaban J connectivity index is 1.69. The molecule has 0 radical (unpaired) electrons. The highest BCUT2D eigenvalue weighted by Crippen LogP contribution is 2.19. The monoisotopic (exact) mass is 335 g/mol. The zero-order chi connectivity index (χ0) is 17.5. The maximum atomic E-state index is 12.8. The molecule has 1 fully saturated rings. The second-order valence-electron chi connectivity index (χ2n) is 6.47. The first kappa shape index (κ1) is 18.4. The molecule has 1 aromatic rings. The van der Waals surface area contributed by atoms with Gasteiger partial charge in [0.05, 0.1) is 0 Å². The van der Waals surface area contributed by atoms with E-state index in [-0.39, 0.29) is 23.7 Å². The van der Waals surface area contributed by atoms with Crippen LogP contribution in [0.5, 0.6) is 0 Å². The van der Waals surface area contributed by atoms with E-state index >= 15 is 0 Å². The van der Waals surface area contributed by atoms with Gasteiger partial charge in [0.1, 0.15) is 5.82 Å². The van der Waals surface area contributed by atoms with Crippen molar-refractivity contribution in [1.29, 1.82) is 0 Å². The maximum absolute atomic E-state index is 12.8. The van der Waals surface area contributed by atoms with Crippen molar-refractivity contribution in [2.24, 2.45) is 11.7 Å². The number of nitrogens with two attached hydrogens (primary N) is 1. The Bertz CT molecular complexity index is 560. The van der Waals surface area contributed by atoms with Crippen LogP contribution in [-0.2, 0) is 4.79 Å². The number of carbonyl (C=O) groups excluding carboxylic acids is 2. The summed E-state index contributed by atoms with van der Waals surface area (Å²) in [5.74, 6) is -0.126. The van der Waals surface area contributed by atoms with E-state index in [4.69, 9.17) is 5.73 Å². The molecule has 2 rings (SSSR count). The van der Waals surface area contributed by atoms with Gasteiger partial charge in [0.2, 0.25) is 5.91 Å². The largest absolute Gasteiger partial charge is 0.352 e. The van der Waals surface area contributed by atoms with Crippen LogP contribution in [0.25, 0.3) is 0 Å². The van der Waals surface area contributed by atoms with Gasteiger partial charge in [-0.3, -0.25) is 9.59 Å². The minimum Gasteiger partial charge on any atom is -0.352 e. The number of piperidine rings is 1. The summed E-state index contributed by atoms with van der Waals surface area (Å²) in [4.78, 5) is 26.0. The fourth-order valence-corrected chi connectivity index (χ4v) is 2.97. The molecule has 2 atom stereocenters. The Kier molecular flexibility index (Phi) is 6.73. The first-order valence-electron chi connectivity index (χ1n) is 8.54. The highest BCUT2D eigenvalue weighted by atomic mass is 19.1. The number of benzene rings is 1. The normalized spacial score (nSPS) is 19.0. The fourth-order valence-electron chi connectivity index (χ4n) is 2.97. The predicted molar refractivity (Wildman–Crippen MR) is 90.9 cm³/mol. The van der Waals surface area contributed by atoms with Gasteiger partial charge in [-0.05, 0) is 56.4 Å². The summed E-state index contributed by atoms with van der Waals surface area (Å²) in [5, 5.41) is 2.75. The first-order chi connectivity index (χ1) is 11.5. The van der Waals surface area contributed by atoms with Gasteiger partial charge in [-0.15, -0.1) is 0 Å². The summed E-state index contributed by atoms with van der Waals surface area (Å²) in [6, 6.07) is 5.50. The van der Waals surface area contributed by atoms with Crippen molar-refractivity contribution in [2.45, 2.75) is 38.6 Å². The van der Waals surface area contributed by atoms with E-state index < -0.39 is 0 Å². The Morgan fingerprint density at radius 1 is 1.38 bits per heavy atom. The summed E-state index contributed by atoms with van der Waals surface area (Å²) in [6.45, 7) is 3.94. The third-order valence-electron chi connectivity index (χ3n) is 4.51. The SMILES string of the molecule is CC(N)C1CCCN(C(=O)CCCNC(=O)c2ccc(F)cc2)C1. The van der Waals surface area contributed by atoms with Crippen molar-refractivity contribution >= 4 is 11.8 Å². The lowest BCUT2D eigenvalue weighted by Crippen LogP contribution is -2.45. The molecule has 6 heteroatoms. The predicted octanol–water partition coefficient (Wildman–Crippen LogP) is 1.92. The molecule has 3 N–H and O–H groups in total. The zero-order valence-corrected chi connectivity index (χ0v) is 14.1. The van der Waals surface area contributed by atoms with E-state index in [1.54, 1.807) is 0 Å². The van der Waals surface area contributed by atoms with E-state index in [2.05, 4.69) is 5.32 Å². The third kappa shape index (κ3) is 5.30. The first-order valence-corrected chi connectivity index (χ1v) is 8.54. The molecule has 2 unspecified atom stereocenters. The second kappa shape index (κ2) is 8.78. The van der Waals surface area contributed by atoms with Gasteiger partial charge >= 0.3 is 0 Å². The van der Waals surface area contributed by atoms with Crippen LogP contribution in [0.15, 0.2) is 24.3 Å². The molecule has 0 saturated carbocycles. The minimum absolute atomic E-state index is 0.107. The number of rotatable bonds is 6. The molecule has 1 aliphatic rings. The topological polar surface area (TPSA) is 75.4 Å². The lowest BCUT2D eigenvalue weighted by atomic mass is 9.92. The van der Waals surface area contributed by atoms with Gasteiger partial charge in [-0.1, -0.05) is 0 Å². The lowest BCUT2D eigenvalue weighted by molar-refractivity contribution is -0.133. The number of hydrogen-bond acceptors (Lipinski definition) is 3. The van der Waals surface area contributed by atoms with Gasteiger partial charge in [-0.2, -0.15) is 0 Å². The zero-order valence-electron chi connectivity index (χ0n) is 14.1. The molecular formula is C18H26FN3O2. The van der Waals surface area contributed by atoms with Crippen molar-refractivity contribution in [3.05, 3.63) is 35.6 Å². The van der Waals surface area contributed by atoms with Crippen LogP contribution in [0.3, 0.4) is 0 Å². The summed E-state index contributed by atoms with van der Waals surface area (Å²) in [7, 11) is 0. The molecule has 1 saturated heterocycles. The van der Waals surface area contributed by atoms with Crippen molar-refractivity contribution in [1.82, 2.24) is 10.2 Å². The van der Waals surface area contributed by atoms with E-state index in [9.17, 15) is 14.0 Å². The number of halogens is 1. The third-order valence-corrected chi connectivity index (χ3v) is 4.51. The van der Waals surface area contributed by atoms with E-state index in [0.29, 0.717) is 30.9 Å². The van der Waals surface area contributed by atoms with E-state index in [0.717, 1.165) is 25.9 Å². The molecular weight excluding hydrogens is 309 g/mol. The van der Waals surface area contributed by atoms with Gasteiger partial charge < -0.3 is 16.0 Å².